The van der Waals surface area contributed by atoms with Gasteiger partial charge in [-0.3, -0.25) is 4.48 Å². The molecule has 0 amide bonds. The van der Waals surface area contributed by atoms with Gasteiger partial charge in [0.25, 0.3) is 0 Å². The fourth-order valence-electron chi connectivity index (χ4n) is 0.824. The van der Waals surface area contributed by atoms with E-state index < -0.39 is 0 Å². The van der Waals surface area contributed by atoms with Crippen LogP contribution in [0.1, 0.15) is 6.92 Å². The Balaban J connectivity index is 2.82. The molecule has 2 heteroatoms. The highest BCUT2D eigenvalue weighted by Crippen LogP contribution is 2.26. The lowest BCUT2D eigenvalue weighted by molar-refractivity contribution is -0.832. The molecule has 1 aliphatic heterocycles. The normalized spacial score (nSPS) is 21.3. The molecule has 0 atom stereocenters. The van der Waals surface area contributed by atoms with E-state index in [-0.39, 0.29) is 0 Å². The highest BCUT2D eigenvalue weighted by Gasteiger charge is 2.25. The van der Waals surface area contributed by atoms with E-state index in [0.29, 0.717) is 0 Å². The molecule has 1 rings (SSSR count). The van der Waals surface area contributed by atoms with Crippen molar-refractivity contribution in [3.63, 3.8) is 0 Å². The van der Waals surface area contributed by atoms with Crippen molar-refractivity contribution in [2.75, 3.05) is 20.0 Å². The van der Waals surface area contributed by atoms with Gasteiger partial charge in [0.1, 0.15) is 5.88 Å². The summed E-state index contributed by atoms with van der Waals surface area (Å²) >= 11 is 1.84. The number of nitrogens with zero attached hydrogens (tertiary/aromatic N) is 1. The predicted molar refractivity (Wildman–Crippen MR) is 46.1 cm³/mol. The van der Waals surface area contributed by atoms with E-state index in [1.165, 1.54) is 5.70 Å². The fourth-order valence-corrected chi connectivity index (χ4v) is 1.91. The van der Waals surface area contributed by atoms with Crippen molar-refractivity contribution < 1.29 is 4.48 Å². The molecule has 0 aromatic rings. The SMILES string of the molecule is CC#CC1=CSC[N+]1(C)C. The maximum Gasteiger partial charge on any atom is 0.190 e. The molecule has 0 spiro atoms. The zero-order chi connectivity index (χ0) is 7.61. The van der Waals surface area contributed by atoms with Crippen molar-refractivity contribution in [3.05, 3.63) is 11.1 Å². The van der Waals surface area contributed by atoms with Crippen molar-refractivity contribution >= 4 is 11.8 Å². The number of quaternary nitrogens is 1. The van der Waals surface area contributed by atoms with Gasteiger partial charge in [-0.05, 0) is 12.8 Å². The average molecular weight is 154 g/mol. The van der Waals surface area contributed by atoms with Gasteiger partial charge in [-0.15, -0.1) is 0 Å². The van der Waals surface area contributed by atoms with Crippen LogP contribution in [0.2, 0.25) is 0 Å². The van der Waals surface area contributed by atoms with E-state index in [4.69, 9.17) is 0 Å². The summed E-state index contributed by atoms with van der Waals surface area (Å²) in [7, 11) is 4.35. The lowest BCUT2D eigenvalue weighted by Crippen LogP contribution is -2.34. The number of allylic oxidation sites excluding steroid dienone is 1. The van der Waals surface area contributed by atoms with Gasteiger partial charge in [-0.2, -0.15) is 0 Å². The lowest BCUT2D eigenvalue weighted by atomic mass is 10.4. The molecule has 0 fully saturated rings. The van der Waals surface area contributed by atoms with Crippen LogP contribution in [0.15, 0.2) is 11.1 Å². The second kappa shape index (κ2) is 2.69. The first-order valence-electron chi connectivity index (χ1n) is 3.25. The van der Waals surface area contributed by atoms with Crippen LogP contribution < -0.4 is 0 Å². The Kier molecular flexibility index (Phi) is 2.08. The molecule has 0 unspecified atom stereocenters. The van der Waals surface area contributed by atoms with Crippen LogP contribution >= 0.6 is 11.8 Å². The van der Waals surface area contributed by atoms with Crippen LogP contribution in [0.4, 0.5) is 0 Å². The summed E-state index contributed by atoms with van der Waals surface area (Å²) < 4.78 is 0.922. The summed E-state index contributed by atoms with van der Waals surface area (Å²) in [5.74, 6) is 7.13. The van der Waals surface area contributed by atoms with Crippen LogP contribution in [0, 0.1) is 11.8 Å². The molecule has 0 saturated heterocycles. The van der Waals surface area contributed by atoms with Gasteiger partial charge >= 0.3 is 0 Å². The molecule has 0 saturated carbocycles. The van der Waals surface area contributed by atoms with E-state index in [1.807, 2.05) is 18.7 Å². The highest BCUT2D eigenvalue weighted by molar-refractivity contribution is 8.02. The van der Waals surface area contributed by atoms with Crippen molar-refractivity contribution in [3.8, 4) is 11.8 Å². The van der Waals surface area contributed by atoms with E-state index >= 15 is 0 Å². The molecule has 0 aliphatic carbocycles. The van der Waals surface area contributed by atoms with Crippen molar-refractivity contribution in [2.24, 2.45) is 0 Å². The van der Waals surface area contributed by atoms with Gasteiger partial charge < -0.3 is 0 Å². The van der Waals surface area contributed by atoms with Crippen LogP contribution in [0.5, 0.6) is 0 Å². The Morgan fingerprint density at radius 3 is 2.70 bits per heavy atom. The standard InChI is InChI=1S/C8H12NS/c1-4-5-8-6-10-7-9(8,2)3/h6H,7H2,1-3H3/q+1. The first-order chi connectivity index (χ1) is 4.67. The zero-order valence-corrected chi connectivity index (χ0v) is 7.46. The van der Waals surface area contributed by atoms with Gasteiger partial charge in [0.15, 0.2) is 5.70 Å². The number of rotatable bonds is 0. The molecule has 1 nitrogen and oxygen atoms in total. The molecular weight excluding hydrogens is 142 g/mol. The molecule has 0 aromatic carbocycles. The van der Waals surface area contributed by atoms with E-state index in [1.54, 1.807) is 0 Å². The fraction of sp³-hybridized carbons (Fsp3) is 0.500. The maximum atomic E-state index is 3.10. The Bertz CT molecular complexity index is 217. The van der Waals surface area contributed by atoms with Crippen molar-refractivity contribution in [1.29, 1.82) is 0 Å². The van der Waals surface area contributed by atoms with Gasteiger partial charge in [-0.1, -0.05) is 17.7 Å². The first kappa shape index (κ1) is 7.71. The predicted octanol–water partition coefficient (Wildman–Crippen LogP) is 1.63. The monoisotopic (exact) mass is 154 g/mol. The molecular formula is C8H12NS+. The van der Waals surface area contributed by atoms with Crippen LogP contribution in [0.3, 0.4) is 0 Å². The summed E-state index contributed by atoms with van der Waals surface area (Å²) in [5.41, 5.74) is 1.23. The molecule has 0 bridgehead atoms. The molecule has 0 radical (unpaired) electrons. The van der Waals surface area contributed by atoms with Gasteiger partial charge in [0.05, 0.1) is 14.1 Å². The van der Waals surface area contributed by atoms with E-state index in [9.17, 15) is 0 Å². The van der Waals surface area contributed by atoms with Crippen LogP contribution in [-0.2, 0) is 0 Å². The largest absolute Gasteiger partial charge is 0.279 e. The lowest BCUT2D eigenvalue weighted by Gasteiger charge is -2.22. The topological polar surface area (TPSA) is 0 Å². The molecule has 1 heterocycles. The molecule has 0 aromatic heterocycles. The third kappa shape index (κ3) is 1.36. The smallest absolute Gasteiger partial charge is 0.190 e. The van der Waals surface area contributed by atoms with E-state index in [2.05, 4.69) is 31.3 Å². The average Bonchev–Trinajstić information content (AvgIpc) is 2.13. The minimum absolute atomic E-state index is 0.922. The zero-order valence-electron chi connectivity index (χ0n) is 6.64. The van der Waals surface area contributed by atoms with E-state index in [0.717, 1.165) is 10.4 Å². The van der Waals surface area contributed by atoms with Gasteiger partial charge in [0.2, 0.25) is 0 Å². The Labute approximate surface area is 66.7 Å². The first-order valence-corrected chi connectivity index (χ1v) is 4.30. The van der Waals surface area contributed by atoms with Gasteiger partial charge in [-0.25, -0.2) is 0 Å². The number of hydrogen-bond acceptors (Lipinski definition) is 1. The number of hydrogen-bond donors (Lipinski definition) is 0. The maximum absolute atomic E-state index is 3.10. The molecule has 10 heavy (non-hydrogen) atoms. The Hall–Kier alpha value is -0.390. The summed E-state index contributed by atoms with van der Waals surface area (Å²) in [6.07, 6.45) is 0. The van der Waals surface area contributed by atoms with Crippen molar-refractivity contribution in [2.45, 2.75) is 6.92 Å². The second-order valence-electron chi connectivity index (χ2n) is 2.86. The minimum atomic E-state index is 0.922. The quantitative estimate of drug-likeness (QED) is 0.377. The summed E-state index contributed by atoms with van der Waals surface area (Å²) in [6.45, 7) is 1.88. The highest BCUT2D eigenvalue weighted by atomic mass is 32.2. The van der Waals surface area contributed by atoms with Crippen LogP contribution in [0.25, 0.3) is 0 Å². The summed E-state index contributed by atoms with van der Waals surface area (Å²) in [6, 6.07) is 0. The molecule has 1 aliphatic rings. The Morgan fingerprint density at radius 2 is 2.30 bits per heavy atom. The third-order valence-corrected chi connectivity index (χ3v) is 2.68. The molecule has 0 N–H and O–H groups in total. The Morgan fingerprint density at radius 1 is 1.60 bits per heavy atom. The van der Waals surface area contributed by atoms with Crippen LogP contribution in [-0.4, -0.2) is 24.5 Å². The van der Waals surface area contributed by atoms with Gasteiger partial charge in [0, 0.05) is 5.41 Å². The third-order valence-electron chi connectivity index (χ3n) is 1.50. The minimum Gasteiger partial charge on any atom is -0.279 e. The summed E-state index contributed by atoms with van der Waals surface area (Å²) in [4.78, 5) is 0. The summed E-state index contributed by atoms with van der Waals surface area (Å²) in [5, 5.41) is 2.15. The second-order valence-corrected chi connectivity index (χ2v) is 3.69. The molecule has 54 valence electrons. The van der Waals surface area contributed by atoms with Crippen molar-refractivity contribution in [1.82, 2.24) is 0 Å². The number of thioether (sulfide) groups is 1.